The normalized spacial score (nSPS) is 11.0. The number of halogens is 4. The van der Waals surface area contributed by atoms with Crippen LogP contribution in [0.2, 0.25) is 0 Å². The van der Waals surface area contributed by atoms with Gasteiger partial charge in [0.05, 0.1) is 0 Å². The van der Waals surface area contributed by atoms with E-state index in [0.29, 0.717) is 0 Å². The van der Waals surface area contributed by atoms with Gasteiger partial charge in [-0.05, 0) is 0 Å². The van der Waals surface area contributed by atoms with Crippen LogP contribution in [-0.2, 0) is 17.1 Å². The van der Waals surface area contributed by atoms with Crippen LogP contribution in [0.15, 0.2) is 73.3 Å². The largest absolute Gasteiger partial charge is 1.00 e. The first-order valence-corrected chi connectivity index (χ1v) is 19.1. The summed E-state index contributed by atoms with van der Waals surface area (Å²) in [5, 5.41) is 0. The van der Waals surface area contributed by atoms with E-state index < -0.39 is 7.25 Å². The molecule has 54 heavy (non-hydrogen) atoms. The van der Waals surface area contributed by atoms with Crippen molar-refractivity contribution < 1.29 is 43.5 Å². The van der Waals surface area contributed by atoms with Crippen LogP contribution in [0.25, 0.3) is 22.7 Å². The zero-order chi connectivity index (χ0) is 39.7. The Labute approximate surface area is 345 Å². The van der Waals surface area contributed by atoms with E-state index in [-0.39, 0.29) is 17.1 Å². The molecule has 0 atom stereocenters. The second-order valence-corrected chi connectivity index (χ2v) is 15.7. The van der Waals surface area contributed by atoms with Gasteiger partial charge in [0.25, 0.3) is 0 Å². The molecule has 0 unspecified atom stereocenters. The van der Waals surface area contributed by atoms with E-state index in [9.17, 15) is 17.3 Å². The second kappa shape index (κ2) is 18.1. The molecular weight excluding hydrogens is 869 g/mol. The summed E-state index contributed by atoms with van der Waals surface area (Å²) in [4.78, 5) is 0. The molecule has 4 aromatic carbocycles. The Hall–Kier alpha value is -3.36. The Morgan fingerprint density at radius 3 is 0.852 bits per heavy atom. The number of nitrogens with zero attached hydrogens (tertiary/aromatic N) is 4. The number of rotatable bonds is 4. The summed E-state index contributed by atoms with van der Waals surface area (Å²) in [6.45, 7) is 26.1. The summed E-state index contributed by atoms with van der Waals surface area (Å²) >= 11 is 6.56. The van der Waals surface area contributed by atoms with Crippen molar-refractivity contribution in [2.75, 3.05) is 0 Å². The van der Waals surface area contributed by atoms with E-state index >= 15 is 0 Å². The summed E-state index contributed by atoms with van der Waals surface area (Å²) in [6.07, 6.45) is 8.59. The molecule has 0 aliphatic carbocycles. The van der Waals surface area contributed by atoms with Gasteiger partial charge in [0, 0.05) is 0 Å². The standard InChI is InChI=1S/2C21H24N2Se.BF4.Cu/c2*1-13-9-15(3)19(16(4)10-13)22-7-8-23(21(22)24)20-17(5)11-14(2)12-18(20)6;2-1(3,4)5;/h2*7-12H,1-6H3;;/q;;-1;+1. The molecule has 0 bridgehead atoms. The van der Waals surface area contributed by atoms with Crippen molar-refractivity contribution in [1.29, 1.82) is 0 Å². The van der Waals surface area contributed by atoms with Crippen LogP contribution >= 0.6 is 0 Å². The van der Waals surface area contributed by atoms with Crippen molar-refractivity contribution in [2.24, 2.45) is 0 Å². The van der Waals surface area contributed by atoms with Gasteiger partial charge in [-0.1, -0.05) is 0 Å². The molecular formula is C42H48BCuF4N4Se2. The molecule has 4 nitrogen and oxygen atoms in total. The summed E-state index contributed by atoms with van der Waals surface area (Å²) in [5.41, 5.74) is 20.6. The van der Waals surface area contributed by atoms with Crippen molar-refractivity contribution >= 4 is 48.7 Å². The summed E-state index contributed by atoms with van der Waals surface area (Å²) in [5.74, 6) is 0. The minimum atomic E-state index is -6.00. The fourth-order valence-corrected chi connectivity index (χ4v) is 8.92. The molecule has 0 saturated carbocycles. The van der Waals surface area contributed by atoms with E-state index in [4.69, 9.17) is 0 Å². The Bertz CT molecular complexity index is 1910. The van der Waals surface area contributed by atoms with Crippen LogP contribution in [0.3, 0.4) is 0 Å². The quantitative estimate of drug-likeness (QED) is 0.0968. The van der Waals surface area contributed by atoms with Gasteiger partial charge in [-0.3, -0.25) is 0 Å². The van der Waals surface area contributed by atoms with Gasteiger partial charge in [-0.25, -0.2) is 0 Å². The molecule has 6 rings (SSSR count). The van der Waals surface area contributed by atoms with Crippen molar-refractivity contribution in [3.63, 3.8) is 0 Å². The fraction of sp³-hybridized carbons (Fsp3) is 0.286. The Morgan fingerprint density at radius 1 is 0.426 bits per heavy atom. The molecule has 0 N–H and O–H groups in total. The predicted molar refractivity (Wildman–Crippen MR) is 212 cm³/mol. The van der Waals surface area contributed by atoms with Gasteiger partial charge in [-0.2, -0.15) is 0 Å². The number of imidazole rings is 2. The molecule has 6 aromatic rings. The third kappa shape index (κ3) is 10.5. The van der Waals surface area contributed by atoms with Crippen molar-refractivity contribution in [3.05, 3.63) is 140 Å². The van der Waals surface area contributed by atoms with Gasteiger partial charge in [0.1, 0.15) is 0 Å². The zero-order valence-electron chi connectivity index (χ0n) is 32.9. The monoisotopic (exact) mass is 918 g/mol. The van der Waals surface area contributed by atoms with E-state index in [1.807, 2.05) is 0 Å². The zero-order valence-corrected chi connectivity index (χ0v) is 37.3. The Balaban J connectivity index is 0.000000254. The molecule has 0 spiro atoms. The first-order valence-electron chi connectivity index (χ1n) is 17.4. The third-order valence-corrected chi connectivity index (χ3v) is 10.7. The molecule has 290 valence electrons. The van der Waals surface area contributed by atoms with Crippen LogP contribution in [0, 0.1) is 83.1 Å². The average Bonchev–Trinajstić information content (AvgIpc) is 3.53. The molecule has 2 aromatic heterocycles. The number of aromatic nitrogens is 4. The van der Waals surface area contributed by atoms with Crippen molar-refractivity contribution in [1.82, 2.24) is 9.13 Å². The molecule has 12 heteroatoms. The summed E-state index contributed by atoms with van der Waals surface area (Å²) < 4.78 is 50.2. The van der Waals surface area contributed by atoms with E-state index in [1.165, 1.54) is 89.5 Å². The third-order valence-electron chi connectivity index (χ3n) is 9.06. The smallest absolute Gasteiger partial charge is 0.418 e. The van der Waals surface area contributed by atoms with Crippen LogP contribution in [0.1, 0.15) is 66.8 Å². The number of hydrogen-bond acceptors (Lipinski definition) is 0. The second-order valence-electron chi connectivity index (χ2n) is 14.1. The molecule has 0 fully saturated rings. The van der Waals surface area contributed by atoms with E-state index in [0.717, 1.165) is 9.45 Å². The van der Waals surface area contributed by atoms with E-state index in [1.54, 1.807) is 0 Å². The Kier molecular flexibility index (Phi) is 15.1. The minimum absolute atomic E-state index is 0. The first-order chi connectivity index (χ1) is 24.6. The van der Waals surface area contributed by atoms with Crippen molar-refractivity contribution in [2.45, 2.75) is 83.1 Å². The van der Waals surface area contributed by atoms with E-state index in [2.05, 4.69) is 207 Å². The Morgan fingerprint density at radius 2 is 0.630 bits per heavy atom. The van der Waals surface area contributed by atoms with Gasteiger partial charge >= 0.3 is 330 Å². The number of aryl methyl sites for hydroxylation is 12. The SMILES string of the molecule is Cc1cc(C)c(-n2cc[n+](-c3c(C)cc(C)cc3C)c2[Se-])c(C)c1.Cc1cc(C)c(-n2cc[n+](-c3c(C)cc(C)cc3C)c2[Se-])c(C)c1.F[B-](F)(F)F.[Cu+]. The molecule has 0 radical (unpaired) electrons. The molecule has 0 amide bonds. The fourth-order valence-electron chi connectivity index (χ4n) is 7.64. The van der Waals surface area contributed by atoms with Crippen LogP contribution in [0.5, 0.6) is 0 Å². The average molecular weight is 917 g/mol. The topological polar surface area (TPSA) is 17.6 Å². The van der Waals surface area contributed by atoms with Crippen molar-refractivity contribution in [3.8, 4) is 22.7 Å². The maximum absolute atomic E-state index is 9.75. The molecule has 2 heterocycles. The number of benzene rings is 4. The summed E-state index contributed by atoms with van der Waals surface area (Å²) in [7, 11) is -6.00. The minimum Gasteiger partial charge on any atom is -0.418 e. The van der Waals surface area contributed by atoms with Crippen LogP contribution in [-0.4, -0.2) is 48.4 Å². The van der Waals surface area contributed by atoms with Crippen LogP contribution < -0.4 is 18.6 Å². The van der Waals surface area contributed by atoms with Gasteiger partial charge < -0.3 is 17.3 Å². The molecule has 0 aliphatic rings. The first kappa shape index (κ1) is 45.0. The predicted octanol–water partition coefficient (Wildman–Crippen LogP) is 8.09. The van der Waals surface area contributed by atoms with Gasteiger partial charge in [0.15, 0.2) is 0 Å². The maximum atomic E-state index is 9.75. The van der Waals surface area contributed by atoms with Gasteiger partial charge in [0.2, 0.25) is 0 Å². The molecule has 0 aliphatic heterocycles. The van der Waals surface area contributed by atoms with Gasteiger partial charge in [-0.15, -0.1) is 0 Å². The summed E-state index contributed by atoms with van der Waals surface area (Å²) in [6, 6.07) is 18.0. The van der Waals surface area contributed by atoms with Crippen LogP contribution in [0.4, 0.5) is 17.3 Å². The number of hydrogen-bond donors (Lipinski definition) is 0. The molecule has 0 saturated heterocycles. The maximum Gasteiger partial charge on any atom is 1.00 e.